The zero-order valence-corrected chi connectivity index (χ0v) is 25.5. The van der Waals surface area contributed by atoms with E-state index in [-0.39, 0.29) is 11.4 Å². The van der Waals surface area contributed by atoms with Crippen molar-refractivity contribution in [2.24, 2.45) is 0 Å². The van der Waals surface area contributed by atoms with Crippen LogP contribution in [0.15, 0.2) is 83.8 Å². The first kappa shape index (κ1) is 28.7. The molecule has 0 spiro atoms. The maximum Gasteiger partial charge on any atom is 0.294 e. The zero-order chi connectivity index (χ0) is 28.9. The minimum absolute atomic E-state index is 0.237. The molecule has 5 rings (SSSR count). The van der Waals surface area contributed by atoms with Crippen LogP contribution in [0.2, 0.25) is 0 Å². The van der Waals surface area contributed by atoms with Crippen molar-refractivity contribution in [1.82, 2.24) is 4.90 Å². The molecule has 41 heavy (non-hydrogen) atoms. The van der Waals surface area contributed by atoms with Crippen molar-refractivity contribution in [3.63, 3.8) is 0 Å². The normalized spacial score (nSPS) is 14.1. The fourth-order valence-corrected chi connectivity index (χ4v) is 6.03. The van der Waals surface area contributed by atoms with Gasteiger partial charge in [-0.15, -0.1) is 0 Å². The highest BCUT2D eigenvalue weighted by molar-refractivity contribution is 14.1. The van der Waals surface area contributed by atoms with E-state index in [1.54, 1.807) is 18.2 Å². The Hall–Kier alpha value is -3.83. The molecule has 1 saturated heterocycles. The number of nitrogens with zero attached hydrogens (tertiary/aromatic N) is 1. The van der Waals surface area contributed by atoms with Gasteiger partial charge < -0.3 is 14.8 Å². The second-order valence-electron chi connectivity index (χ2n) is 9.42. The van der Waals surface area contributed by atoms with Crippen LogP contribution in [0.5, 0.6) is 11.5 Å². The summed E-state index contributed by atoms with van der Waals surface area (Å²) in [6.45, 7) is 4.24. The highest BCUT2D eigenvalue weighted by Gasteiger charge is 2.36. The quantitative estimate of drug-likeness (QED) is 0.147. The third-order valence-electron chi connectivity index (χ3n) is 6.30. The first-order valence-electron chi connectivity index (χ1n) is 13.0. The number of amides is 3. The number of halogens is 1. The topological polar surface area (TPSA) is 84.9 Å². The van der Waals surface area contributed by atoms with Crippen LogP contribution >= 0.6 is 34.4 Å². The van der Waals surface area contributed by atoms with Crippen LogP contribution in [-0.2, 0) is 16.2 Å². The number of carbonyl (C=O) groups is 3. The number of ether oxygens (including phenoxy) is 2. The summed E-state index contributed by atoms with van der Waals surface area (Å²) >= 11 is 2.99. The number of hydrogen-bond acceptors (Lipinski definition) is 6. The second kappa shape index (κ2) is 12.8. The van der Waals surface area contributed by atoms with Crippen LogP contribution in [0.4, 0.5) is 10.5 Å². The first-order valence-corrected chi connectivity index (χ1v) is 14.9. The molecule has 0 atom stereocenters. The average molecular weight is 679 g/mol. The Kier molecular flexibility index (Phi) is 8.94. The Morgan fingerprint density at radius 3 is 2.56 bits per heavy atom. The summed E-state index contributed by atoms with van der Waals surface area (Å²) in [4.78, 5) is 39.4. The molecule has 0 aromatic heterocycles. The summed E-state index contributed by atoms with van der Waals surface area (Å²) in [6.07, 6.45) is 1.64. The average Bonchev–Trinajstić information content (AvgIpc) is 3.19. The molecule has 4 aromatic carbocycles. The number of imide groups is 1. The van der Waals surface area contributed by atoms with Gasteiger partial charge in [-0.25, -0.2) is 0 Å². The van der Waals surface area contributed by atoms with E-state index in [0.717, 1.165) is 36.7 Å². The predicted molar refractivity (Wildman–Crippen MR) is 171 cm³/mol. The maximum absolute atomic E-state index is 13.1. The number of fused-ring (bicyclic) bond motifs is 1. The molecule has 1 N–H and O–H groups in total. The Morgan fingerprint density at radius 2 is 1.78 bits per heavy atom. The standard InChI is InChI=1S/C32H27IN2O5S/c1-3-39-27-16-22(15-26(33)30(27)40-19-21-11-12-23-8-4-5-9-24(23)14-21)17-28-31(37)35(32(38)41-28)18-29(36)34-25-10-6-7-20(2)13-25/h4-17H,3,18-19H2,1-2H3,(H,34,36)/b28-17-. The van der Waals surface area contributed by atoms with Gasteiger partial charge >= 0.3 is 0 Å². The lowest BCUT2D eigenvalue weighted by atomic mass is 10.1. The van der Waals surface area contributed by atoms with Crippen LogP contribution < -0.4 is 14.8 Å². The fourth-order valence-electron chi connectivity index (χ4n) is 4.41. The third-order valence-corrected chi connectivity index (χ3v) is 8.01. The molecule has 1 aliphatic heterocycles. The number of nitrogens with one attached hydrogen (secondary N) is 1. The van der Waals surface area contributed by atoms with E-state index < -0.39 is 17.1 Å². The van der Waals surface area contributed by atoms with E-state index in [2.05, 4.69) is 52.2 Å². The van der Waals surface area contributed by atoms with Gasteiger partial charge in [0, 0.05) is 5.69 Å². The van der Waals surface area contributed by atoms with E-state index >= 15 is 0 Å². The molecule has 208 valence electrons. The molecule has 0 bridgehead atoms. The van der Waals surface area contributed by atoms with Crippen LogP contribution in [0, 0.1) is 10.5 Å². The Bertz CT molecular complexity index is 1690. The molecule has 1 fully saturated rings. The smallest absolute Gasteiger partial charge is 0.294 e. The van der Waals surface area contributed by atoms with Gasteiger partial charge in [0.2, 0.25) is 5.91 Å². The number of anilines is 1. The van der Waals surface area contributed by atoms with Crippen LogP contribution in [0.1, 0.15) is 23.6 Å². The van der Waals surface area contributed by atoms with Gasteiger partial charge in [-0.2, -0.15) is 0 Å². The van der Waals surface area contributed by atoms with Crippen molar-refractivity contribution in [2.75, 3.05) is 18.5 Å². The number of aryl methyl sites for hydroxylation is 1. The van der Waals surface area contributed by atoms with E-state index in [1.807, 2.05) is 56.3 Å². The lowest BCUT2D eigenvalue weighted by Crippen LogP contribution is -2.36. The number of benzene rings is 4. The van der Waals surface area contributed by atoms with E-state index in [4.69, 9.17) is 9.47 Å². The molecule has 1 aliphatic rings. The third kappa shape index (κ3) is 6.91. The highest BCUT2D eigenvalue weighted by Crippen LogP contribution is 2.38. The largest absolute Gasteiger partial charge is 0.490 e. The SMILES string of the molecule is CCOc1cc(/C=C2\SC(=O)N(CC(=O)Nc3cccc(C)c3)C2=O)cc(I)c1OCc1ccc2ccccc2c1. The van der Waals surface area contributed by atoms with Crippen molar-refractivity contribution in [2.45, 2.75) is 20.5 Å². The van der Waals surface area contributed by atoms with Crippen LogP contribution in [0.25, 0.3) is 16.8 Å². The van der Waals surface area contributed by atoms with Gasteiger partial charge in [-0.05, 0) is 112 Å². The molecule has 9 heteroatoms. The minimum Gasteiger partial charge on any atom is -0.490 e. The summed E-state index contributed by atoms with van der Waals surface area (Å²) in [5.41, 5.74) is 3.32. The molecule has 3 amide bonds. The van der Waals surface area contributed by atoms with Crippen LogP contribution in [-0.4, -0.2) is 35.1 Å². The van der Waals surface area contributed by atoms with Crippen molar-refractivity contribution < 1.29 is 23.9 Å². The summed E-state index contributed by atoms with van der Waals surface area (Å²) in [5.74, 6) is 0.200. The van der Waals surface area contributed by atoms with Gasteiger partial charge in [0.15, 0.2) is 11.5 Å². The number of hydrogen-bond donors (Lipinski definition) is 1. The van der Waals surface area contributed by atoms with Gasteiger partial charge in [-0.1, -0.05) is 48.5 Å². The first-order chi connectivity index (χ1) is 19.8. The lowest BCUT2D eigenvalue weighted by molar-refractivity contribution is -0.127. The molecule has 0 unspecified atom stereocenters. The summed E-state index contributed by atoms with van der Waals surface area (Å²) in [6, 6.07) is 25.4. The van der Waals surface area contributed by atoms with Gasteiger partial charge in [-0.3, -0.25) is 19.3 Å². The molecule has 0 radical (unpaired) electrons. The van der Waals surface area contributed by atoms with Gasteiger partial charge in [0.05, 0.1) is 15.1 Å². The Morgan fingerprint density at radius 1 is 0.976 bits per heavy atom. The zero-order valence-electron chi connectivity index (χ0n) is 22.5. The van der Waals surface area contributed by atoms with Gasteiger partial charge in [0.25, 0.3) is 11.1 Å². The molecule has 0 aliphatic carbocycles. The van der Waals surface area contributed by atoms with Gasteiger partial charge in [0.1, 0.15) is 13.2 Å². The fraction of sp³-hybridized carbons (Fsp3) is 0.156. The number of carbonyl (C=O) groups excluding carboxylic acids is 3. The number of thioether (sulfide) groups is 1. The predicted octanol–water partition coefficient (Wildman–Crippen LogP) is 7.41. The molecular weight excluding hydrogens is 651 g/mol. The maximum atomic E-state index is 13.1. The summed E-state index contributed by atoms with van der Waals surface area (Å²) in [5, 5.41) is 4.56. The second-order valence-corrected chi connectivity index (χ2v) is 11.6. The summed E-state index contributed by atoms with van der Waals surface area (Å²) in [7, 11) is 0. The monoisotopic (exact) mass is 678 g/mol. The molecule has 0 saturated carbocycles. The molecular formula is C32H27IN2O5S. The minimum atomic E-state index is -0.510. The lowest BCUT2D eigenvalue weighted by Gasteiger charge is -2.15. The highest BCUT2D eigenvalue weighted by atomic mass is 127. The Balaban J connectivity index is 1.30. The van der Waals surface area contributed by atoms with Crippen LogP contribution in [0.3, 0.4) is 0 Å². The van der Waals surface area contributed by atoms with E-state index in [9.17, 15) is 14.4 Å². The molecule has 4 aromatic rings. The Labute approximate surface area is 256 Å². The van der Waals surface area contributed by atoms with E-state index in [0.29, 0.717) is 36.0 Å². The molecule has 1 heterocycles. The van der Waals surface area contributed by atoms with Crippen molar-refractivity contribution in [3.8, 4) is 11.5 Å². The number of rotatable bonds is 9. The van der Waals surface area contributed by atoms with Crippen molar-refractivity contribution in [1.29, 1.82) is 0 Å². The van der Waals surface area contributed by atoms with Crippen molar-refractivity contribution >= 4 is 73.9 Å². The van der Waals surface area contributed by atoms with E-state index in [1.165, 1.54) is 5.39 Å². The van der Waals surface area contributed by atoms with Crippen molar-refractivity contribution in [3.05, 3.63) is 104 Å². The summed E-state index contributed by atoms with van der Waals surface area (Å²) < 4.78 is 12.9. The molecule has 7 nitrogen and oxygen atoms in total.